The molecule has 1 aliphatic carbocycles. The van der Waals surface area contributed by atoms with Crippen molar-refractivity contribution < 1.29 is 4.79 Å². The number of nitrogens with one attached hydrogen (secondary N) is 1. The number of carbonyl (C=O) groups excluding carboxylic acids is 1. The standard InChI is InChI=1S/C14H21N5O/c15-18-13-9-16-11(8-17-13)14(20)19-7-3-5-10-4-1-2-6-12(10)19/h8-10,12H,1-7,15H2,(H,17,18). The molecule has 1 saturated carbocycles. The van der Waals surface area contributed by atoms with E-state index in [2.05, 4.69) is 15.4 Å². The molecule has 20 heavy (non-hydrogen) atoms. The van der Waals surface area contributed by atoms with Crippen LogP contribution in [0.3, 0.4) is 0 Å². The van der Waals surface area contributed by atoms with Gasteiger partial charge in [0.2, 0.25) is 0 Å². The third-order valence-corrected chi connectivity index (χ3v) is 4.52. The van der Waals surface area contributed by atoms with Crippen LogP contribution in [-0.2, 0) is 0 Å². The van der Waals surface area contributed by atoms with Crippen molar-refractivity contribution in [3.05, 3.63) is 18.1 Å². The van der Waals surface area contributed by atoms with Crippen LogP contribution in [0, 0.1) is 5.92 Å². The van der Waals surface area contributed by atoms with Gasteiger partial charge in [0.05, 0.1) is 12.4 Å². The second kappa shape index (κ2) is 5.75. The number of amides is 1. The predicted octanol–water partition coefficient (Wildman–Crippen LogP) is 1.56. The van der Waals surface area contributed by atoms with Gasteiger partial charge in [-0.05, 0) is 31.6 Å². The van der Waals surface area contributed by atoms with Crippen LogP contribution in [0.4, 0.5) is 5.82 Å². The van der Waals surface area contributed by atoms with Crippen LogP contribution in [0.15, 0.2) is 12.4 Å². The number of nitrogens with two attached hydrogens (primary N) is 1. The first-order valence-electron chi connectivity index (χ1n) is 7.39. The van der Waals surface area contributed by atoms with E-state index in [-0.39, 0.29) is 5.91 Å². The number of anilines is 1. The Kier molecular flexibility index (Phi) is 3.82. The maximum atomic E-state index is 12.6. The van der Waals surface area contributed by atoms with Gasteiger partial charge in [0, 0.05) is 12.6 Å². The number of carbonyl (C=O) groups is 1. The van der Waals surface area contributed by atoms with E-state index in [1.807, 2.05) is 4.90 Å². The maximum Gasteiger partial charge on any atom is 0.274 e. The molecule has 3 rings (SSSR count). The predicted molar refractivity (Wildman–Crippen MR) is 75.9 cm³/mol. The Morgan fingerprint density at radius 3 is 2.75 bits per heavy atom. The number of nitrogens with zero attached hydrogens (tertiary/aromatic N) is 3. The highest BCUT2D eigenvalue weighted by Crippen LogP contribution is 2.35. The zero-order valence-corrected chi connectivity index (χ0v) is 11.6. The first kappa shape index (κ1) is 13.3. The molecule has 2 atom stereocenters. The van der Waals surface area contributed by atoms with E-state index in [1.165, 1.54) is 38.1 Å². The summed E-state index contributed by atoms with van der Waals surface area (Å²) < 4.78 is 0. The van der Waals surface area contributed by atoms with Crippen molar-refractivity contribution in [2.24, 2.45) is 11.8 Å². The second-order valence-electron chi connectivity index (χ2n) is 5.68. The van der Waals surface area contributed by atoms with Crippen LogP contribution in [0.1, 0.15) is 49.0 Å². The average Bonchev–Trinajstić information content (AvgIpc) is 2.54. The van der Waals surface area contributed by atoms with E-state index < -0.39 is 0 Å². The number of hydrogen-bond donors (Lipinski definition) is 2. The summed E-state index contributed by atoms with van der Waals surface area (Å²) in [5.41, 5.74) is 2.83. The minimum absolute atomic E-state index is 0.0117. The van der Waals surface area contributed by atoms with E-state index in [1.54, 1.807) is 0 Å². The lowest BCUT2D eigenvalue weighted by Crippen LogP contribution is -2.49. The molecule has 0 bridgehead atoms. The Hall–Kier alpha value is -1.69. The quantitative estimate of drug-likeness (QED) is 0.632. The van der Waals surface area contributed by atoms with E-state index >= 15 is 0 Å². The van der Waals surface area contributed by atoms with Crippen molar-refractivity contribution in [1.82, 2.24) is 14.9 Å². The summed E-state index contributed by atoms with van der Waals surface area (Å²) in [5, 5.41) is 0. The van der Waals surface area contributed by atoms with Gasteiger partial charge in [0.1, 0.15) is 5.69 Å². The average molecular weight is 275 g/mol. The molecule has 0 aromatic carbocycles. The first-order chi connectivity index (χ1) is 9.79. The summed E-state index contributed by atoms with van der Waals surface area (Å²) >= 11 is 0. The van der Waals surface area contributed by atoms with Gasteiger partial charge in [0.15, 0.2) is 5.82 Å². The number of fused-ring (bicyclic) bond motifs is 1. The largest absolute Gasteiger partial charge is 0.334 e. The lowest BCUT2D eigenvalue weighted by molar-refractivity contribution is 0.0385. The van der Waals surface area contributed by atoms with Crippen LogP contribution in [0.2, 0.25) is 0 Å². The molecule has 3 N–H and O–H groups in total. The zero-order chi connectivity index (χ0) is 13.9. The molecule has 1 aromatic heterocycles. The van der Waals surface area contributed by atoms with Crippen LogP contribution >= 0.6 is 0 Å². The zero-order valence-electron chi connectivity index (χ0n) is 11.6. The fourth-order valence-electron chi connectivity index (χ4n) is 3.54. The molecular formula is C14H21N5O. The van der Waals surface area contributed by atoms with E-state index in [4.69, 9.17) is 5.84 Å². The molecule has 2 fully saturated rings. The normalized spacial score (nSPS) is 25.9. The molecule has 1 aliphatic heterocycles. The van der Waals surface area contributed by atoms with Gasteiger partial charge in [-0.15, -0.1) is 0 Å². The Morgan fingerprint density at radius 1 is 1.20 bits per heavy atom. The Labute approximate surface area is 118 Å². The van der Waals surface area contributed by atoms with Crippen LogP contribution in [0.5, 0.6) is 0 Å². The highest BCUT2D eigenvalue weighted by Gasteiger charge is 2.36. The van der Waals surface area contributed by atoms with Crippen LogP contribution in [0.25, 0.3) is 0 Å². The number of likely N-dealkylation sites (tertiary alicyclic amines) is 1. The molecule has 2 aliphatic rings. The molecule has 6 heteroatoms. The minimum atomic E-state index is 0.0117. The monoisotopic (exact) mass is 275 g/mol. The fraction of sp³-hybridized carbons (Fsp3) is 0.643. The minimum Gasteiger partial charge on any atom is -0.334 e. The lowest BCUT2D eigenvalue weighted by atomic mass is 9.78. The van der Waals surface area contributed by atoms with Crippen molar-refractivity contribution in [2.45, 2.75) is 44.6 Å². The summed E-state index contributed by atoms with van der Waals surface area (Å²) in [6, 6.07) is 0.402. The summed E-state index contributed by atoms with van der Waals surface area (Å²) in [6.07, 6.45) is 10.3. The molecule has 2 unspecified atom stereocenters. The smallest absolute Gasteiger partial charge is 0.274 e. The molecule has 6 nitrogen and oxygen atoms in total. The lowest BCUT2D eigenvalue weighted by Gasteiger charge is -2.43. The van der Waals surface area contributed by atoms with Gasteiger partial charge in [-0.3, -0.25) is 4.79 Å². The Balaban J connectivity index is 1.77. The van der Waals surface area contributed by atoms with Gasteiger partial charge < -0.3 is 10.3 Å². The van der Waals surface area contributed by atoms with Gasteiger partial charge in [0.25, 0.3) is 5.91 Å². The third kappa shape index (κ3) is 2.47. The summed E-state index contributed by atoms with van der Waals surface area (Å²) in [5.74, 6) is 6.42. The molecule has 0 spiro atoms. The molecule has 1 saturated heterocycles. The maximum absolute atomic E-state index is 12.6. The molecule has 1 amide bonds. The number of hydrazine groups is 1. The number of rotatable bonds is 2. The number of aromatic nitrogens is 2. The van der Waals surface area contributed by atoms with Gasteiger partial charge in [-0.25, -0.2) is 15.8 Å². The topological polar surface area (TPSA) is 84.1 Å². The van der Waals surface area contributed by atoms with Crippen LogP contribution < -0.4 is 11.3 Å². The molecule has 0 radical (unpaired) electrons. The van der Waals surface area contributed by atoms with Crippen molar-refractivity contribution in [2.75, 3.05) is 12.0 Å². The summed E-state index contributed by atoms with van der Waals surface area (Å²) in [4.78, 5) is 22.9. The highest BCUT2D eigenvalue weighted by molar-refractivity contribution is 5.92. The number of piperidine rings is 1. The Morgan fingerprint density at radius 2 is 2.00 bits per heavy atom. The van der Waals surface area contributed by atoms with Crippen molar-refractivity contribution >= 4 is 11.7 Å². The number of nitrogen functional groups attached to an aromatic ring is 1. The Bertz CT molecular complexity index is 473. The molecule has 2 heterocycles. The van der Waals surface area contributed by atoms with Crippen LogP contribution in [-0.4, -0.2) is 33.4 Å². The van der Waals surface area contributed by atoms with Crippen molar-refractivity contribution in [1.29, 1.82) is 0 Å². The van der Waals surface area contributed by atoms with E-state index in [9.17, 15) is 4.79 Å². The third-order valence-electron chi connectivity index (χ3n) is 4.52. The highest BCUT2D eigenvalue weighted by atomic mass is 16.2. The van der Waals surface area contributed by atoms with Crippen molar-refractivity contribution in [3.8, 4) is 0 Å². The molecular weight excluding hydrogens is 254 g/mol. The molecule has 108 valence electrons. The number of hydrogen-bond acceptors (Lipinski definition) is 5. The fourth-order valence-corrected chi connectivity index (χ4v) is 3.54. The first-order valence-corrected chi connectivity index (χ1v) is 7.39. The van der Waals surface area contributed by atoms with E-state index in [0.717, 1.165) is 19.4 Å². The summed E-state index contributed by atoms with van der Waals surface area (Å²) in [7, 11) is 0. The van der Waals surface area contributed by atoms with Gasteiger partial charge in [-0.1, -0.05) is 12.8 Å². The van der Waals surface area contributed by atoms with E-state index in [0.29, 0.717) is 23.5 Å². The van der Waals surface area contributed by atoms with Gasteiger partial charge >= 0.3 is 0 Å². The second-order valence-corrected chi connectivity index (χ2v) is 5.68. The SMILES string of the molecule is NNc1cnc(C(=O)N2CCCC3CCCCC32)cn1. The van der Waals surface area contributed by atoms with Gasteiger partial charge in [-0.2, -0.15) is 0 Å². The summed E-state index contributed by atoms with van der Waals surface area (Å²) in [6.45, 7) is 0.846. The molecule has 1 aromatic rings. The van der Waals surface area contributed by atoms with Crippen molar-refractivity contribution in [3.63, 3.8) is 0 Å².